The average Bonchev–Trinajstić information content (AvgIpc) is 2.88. The summed E-state index contributed by atoms with van der Waals surface area (Å²) in [6.45, 7) is 3.75. The molecule has 0 heterocycles. The van der Waals surface area contributed by atoms with Crippen LogP contribution in [0.5, 0.6) is 5.75 Å². The average molecular weight is 323 g/mol. The van der Waals surface area contributed by atoms with Crippen molar-refractivity contribution in [3.8, 4) is 5.75 Å². The molecule has 0 saturated carbocycles. The van der Waals surface area contributed by atoms with Crippen LogP contribution in [0.3, 0.4) is 0 Å². The molecule has 3 rings (SSSR count). The van der Waals surface area contributed by atoms with Crippen molar-refractivity contribution in [1.82, 2.24) is 0 Å². The van der Waals surface area contributed by atoms with Gasteiger partial charge in [-0.1, -0.05) is 29.4 Å². The smallest absolute Gasteiger partial charge is 0.331 e. The number of rotatable bonds is 4. The number of hydrogen-bond acceptors (Lipinski definition) is 5. The van der Waals surface area contributed by atoms with Gasteiger partial charge in [-0.05, 0) is 41.8 Å². The molecule has 5 nitrogen and oxygen atoms in total. The summed E-state index contributed by atoms with van der Waals surface area (Å²) in [5, 5.41) is 3.63. The third-order valence-electron chi connectivity index (χ3n) is 3.88. The van der Waals surface area contributed by atoms with Gasteiger partial charge in [0, 0.05) is 18.9 Å². The Labute approximate surface area is 139 Å². The second-order valence-electron chi connectivity index (χ2n) is 5.66. The van der Waals surface area contributed by atoms with Crippen LogP contribution in [-0.4, -0.2) is 17.5 Å². The van der Waals surface area contributed by atoms with E-state index in [2.05, 4.69) is 9.99 Å². The van der Waals surface area contributed by atoms with Gasteiger partial charge in [0.25, 0.3) is 0 Å². The van der Waals surface area contributed by atoms with Crippen LogP contribution in [0.1, 0.15) is 34.0 Å². The first-order valence-corrected chi connectivity index (χ1v) is 7.64. The molecular weight excluding hydrogens is 306 g/mol. The maximum Gasteiger partial charge on any atom is 0.331 e. The number of nitrogens with zero attached hydrogens (tertiary/aromatic N) is 1. The minimum atomic E-state index is -0.548. The number of benzene rings is 2. The number of ether oxygens (including phenoxy) is 1. The largest absolute Gasteiger partial charge is 0.489 e. The Balaban J connectivity index is 1.73. The van der Waals surface area contributed by atoms with Gasteiger partial charge < -0.3 is 9.57 Å². The lowest BCUT2D eigenvalue weighted by molar-refractivity contribution is -0.140. The van der Waals surface area contributed by atoms with Crippen molar-refractivity contribution in [2.75, 3.05) is 0 Å². The second-order valence-corrected chi connectivity index (χ2v) is 5.66. The van der Waals surface area contributed by atoms with Crippen LogP contribution in [0.25, 0.3) is 0 Å². The highest BCUT2D eigenvalue weighted by Gasteiger charge is 2.27. The van der Waals surface area contributed by atoms with E-state index in [1.807, 2.05) is 37.3 Å². The van der Waals surface area contributed by atoms with Gasteiger partial charge in [0.15, 0.2) is 0 Å². The van der Waals surface area contributed by atoms with Crippen LogP contribution in [0.15, 0.2) is 47.6 Å². The summed E-state index contributed by atoms with van der Waals surface area (Å²) in [4.78, 5) is 27.6. The van der Waals surface area contributed by atoms with E-state index in [1.54, 1.807) is 12.1 Å². The number of oxime groups is 1. The lowest BCUT2D eigenvalue weighted by atomic mass is 10.1. The molecule has 0 aliphatic heterocycles. The lowest BCUT2D eigenvalue weighted by Crippen LogP contribution is -2.09. The molecule has 0 radical (unpaired) electrons. The molecule has 0 unspecified atom stereocenters. The zero-order chi connectivity index (χ0) is 17.1. The Bertz CT molecular complexity index is 839. The van der Waals surface area contributed by atoms with Crippen molar-refractivity contribution in [2.24, 2.45) is 5.16 Å². The molecule has 0 aromatic heterocycles. The van der Waals surface area contributed by atoms with Crippen LogP contribution in [0.2, 0.25) is 0 Å². The third kappa shape index (κ3) is 3.35. The number of Topliss-reactive ketones (excluding diaryl/α,β-unsaturated/α-hetero) is 1. The number of aryl methyl sites for hydroxylation is 1. The summed E-state index contributed by atoms with van der Waals surface area (Å²) < 4.78 is 5.83. The van der Waals surface area contributed by atoms with Gasteiger partial charge in [0.1, 0.15) is 18.1 Å². The summed E-state index contributed by atoms with van der Waals surface area (Å²) in [5.41, 5.74) is 3.92. The lowest BCUT2D eigenvalue weighted by Gasteiger charge is -2.09. The zero-order valence-corrected chi connectivity index (χ0v) is 13.5. The number of ketones is 1. The SMILES string of the molecule is CC(=O)ON=C1Cc2cc(OCc3ccccc3C)ccc2C1=O. The standard InChI is InChI=1S/C19H17NO4/c1-12-5-3-4-6-14(12)11-23-16-7-8-17-15(9-16)10-18(19(17)22)20-24-13(2)21/h3-9H,10-11H2,1-2H3. The van der Waals surface area contributed by atoms with Crippen LogP contribution < -0.4 is 4.74 Å². The van der Waals surface area contributed by atoms with Crippen LogP contribution in [0.4, 0.5) is 0 Å². The van der Waals surface area contributed by atoms with E-state index in [-0.39, 0.29) is 11.5 Å². The monoisotopic (exact) mass is 323 g/mol. The summed E-state index contributed by atoms with van der Waals surface area (Å²) in [6.07, 6.45) is 0.336. The highest BCUT2D eigenvalue weighted by molar-refractivity contribution is 6.49. The van der Waals surface area contributed by atoms with Crippen molar-refractivity contribution in [1.29, 1.82) is 0 Å². The molecule has 24 heavy (non-hydrogen) atoms. The van der Waals surface area contributed by atoms with Crippen LogP contribution >= 0.6 is 0 Å². The molecule has 0 amide bonds. The number of hydrogen-bond donors (Lipinski definition) is 0. The van der Waals surface area contributed by atoms with Crippen molar-refractivity contribution >= 4 is 17.5 Å². The predicted octanol–water partition coefficient (Wildman–Crippen LogP) is 3.23. The molecule has 0 N–H and O–H groups in total. The fourth-order valence-electron chi connectivity index (χ4n) is 2.57. The molecule has 1 aliphatic carbocycles. The summed E-state index contributed by atoms with van der Waals surface area (Å²) >= 11 is 0. The van der Waals surface area contributed by atoms with Gasteiger partial charge in [0.05, 0.1) is 0 Å². The predicted molar refractivity (Wildman–Crippen MR) is 89.2 cm³/mol. The molecule has 1 aliphatic rings. The summed E-state index contributed by atoms with van der Waals surface area (Å²) in [5.74, 6) is -0.0660. The van der Waals surface area contributed by atoms with E-state index in [9.17, 15) is 9.59 Å². The Morgan fingerprint density at radius 1 is 1.21 bits per heavy atom. The van der Waals surface area contributed by atoms with E-state index in [4.69, 9.17) is 4.74 Å². The van der Waals surface area contributed by atoms with E-state index in [0.717, 1.165) is 11.1 Å². The first-order valence-electron chi connectivity index (χ1n) is 7.64. The molecule has 0 atom stereocenters. The maximum atomic E-state index is 12.2. The van der Waals surface area contributed by atoms with Gasteiger partial charge in [-0.15, -0.1) is 0 Å². The van der Waals surface area contributed by atoms with Crippen molar-refractivity contribution < 1.29 is 19.2 Å². The molecule has 0 bridgehead atoms. The maximum absolute atomic E-state index is 12.2. The Morgan fingerprint density at radius 3 is 2.75 bits per heavy atom. The molecule has 0 fully saturated rings. The molecule has 122 valence electrons. The van der Waals surface area contributed by atoms with Crippen LogP contribution in [0, 0.1) is 6.92 Å². The van der Waals surface area contributed by atoms with Crippen LogP contribution in [-0.2, 0) is 22.7 Å². The van der Waals surface area contributed by atoms with Gasteiger partial charge >= 0.3 is 5.97 Å². The minimum Gasteiger partial charge on any atom is -0.489 e. The Kier molecular flexibility index (Phi) is 4.42. The summed E-state index contributed by atoms with van der Waals surface area (Å²) in [6, 6.07) is 13.4. The quantitative estimate of drug-likeness (QED) is 0.640. The van der Waals surface area contributed by atoms with Crippen molar-refractivity contribution in [3.05, 3.63) is 64.7 Å². The minimum absolute atomic E-state index is 0.211. The molecule has 5 heteroatoms. The fourth-order valence-corrected chi connectivity index (χ4v) is 2.57. The first-order chi connectivity index (χ1) is 11.5. The Hall–Kier alpha value is -2.95. The van der Waals surface area contributed by atoms with E-state index in [1.165, 1.54) is 12.5 Å². The molecule has 2 aromatic carbocycles. The van der Waals surface area contributed by atoms with Gasteiger partial charge in [0.2, 0.25) is 5.78 Å². The highest BCUT2D eigenvalue weighted by atomic mass is 16.7. The van der Waals surface area contributed by atoms with Gasteiger partial charge in [-0.3, -0.25) is 4.79 Å². The molecular formula is C19H17NO4. The van der Waals surface area contributed by atoms with E-state index in [0.29, 0.717) is 24.3 Å². The second kappa shape index (κ2) is 6.66. The number of fused-ring (bicyclic) bond motifs is 1. The third-order valence-corrected chi connectivity index (χ3v) is 3.88. The van der Waals surface area contributed by atoms with Crippen molar-refractivity contribution in [3.63, 3.8) is 0 Å². The number of carbonyl (C=O) groups is 2. The van der Waals surface area contributed by atoms with Gasteiger partial charge in [-0.2, -0.15) is 0 Å². The summed E-state index contributed by atoms with van der Waals surface area (Å²) in [7, 11) is 0. The highest BCUT2D eigenvalue weighted by Crippen LogP contribution is 2.26. The Morgan fingerprint density at radius 2 is 2.00 bits per heavy atom. The molecule has 2 aromatic rings. The topological polar surface area (TPSA) is 65.0 Å². The molecule has 0 spiro atoms. The first kappa shape index (κ1) is 15.9. The van der Waals surface area contributed by atoms with E-state index >= 15 is 0 Å². The zero-order valence-electron chi connectivity index (χ0n) is 13.5. The molecule has 0 saturated heterocycles. The van der Waals surface area contributed by atoms with E-state index < -0.39 is 5.97 Å². The number of carbonyl (C=O) groups excluding carboxylic acids is 2. The van der Waals surface area contributed by atoms with Gasteiger partial charge in [-0.25, -0.2) is 4.79 Å². The normalized spacial score (nSPS) is 14.6. The van der Waals surface area contributed by atoms with Crippen molar-refractivity contribution in [2.45, 2.75) is 26.9 Å². The fraction of sp³-hybridized carbons (Fsp3) is 0.211.